The van der Waals surface area contributed by atoms with E-state index in [1.165, 1.54) is 319 Å². The van der Waals surface area contributed by atoms with Gasteiger partial charge in [-0.15, -0.1) is 0 Å². The predicted molar refractivity (Wildman–Crippen MR) is 632 cm³/mol. The molecule has 35 rings (SSSR count). The summed E-state index contributed by atoms with van der Waals surface area (Å²) in [6.45, 7) is 4.74. The summed E-state index contributed by atoms with van der Waals surface area (Å²) in [5, 5.41) is 28.7. The SMILES string of the molecule is CC1(C)c2ccccc2-c2cc3c4ccccc4n(-c4ccc5c6c(cccc46)-c4ccccc4-5)c3cc21.c1cc(-c2ccc3c(c2)-c2cccc4cccc-3c24)cc(-n2c3ccccc3c3ccc4ccccc4c32)c1.c1cc2c3c(cccc3c1)-c1cc(-c3ccc(-n4c5ccccc5c5ccc6ccccc6c54)cc3)ccc1-2.c1cc2c3c(cccc3c1)-c1cc(-n3c4ccccc4c4ccc5ccccc5c43)ccc1-2. The lowest BCUT2D eigenvalue weighted by atomic mass is 9.82. The zero-order valence-corrected chi connectivity index (χ0v) is 81.8. The van der Waals surface area contributed by atoms with Crippen molar-refractivity contribution in [2.75, 3.05) is 0 Å². The summed E-state index contributed by atoms with van der Waals surface area (Å²) < 4.78 is 9.84. The van der Waals surface area contributed by atoms with E-state index in [1.807, 2.05) is 0 Å². The van der Waals surface area contributed by atoms with Crippen LogP contribution in [0.5, 0.6) is 0 Å². The molecule has 0 N–H and O–H groups in total. The van der Waals surface area contributed by atoms with Crippen molar-refractivity contribution in [1.82, 2.24) is 18.3 Å². The van der Waals surface area contributed by atoms with E-state index in [0.29, 0.717) is 0 Å². The largest absolute Gasteiger partial charge is 0.309 e. The van der Waals surface area contributed by atoms with Gasteiger partial charge in [0.1, 0.15) is 0 Å². The van der Waals surface area contributed by atoms with E-state index in [1.54, 1.807) is 0 Å². The molecule has 4 heteroatoms. The zero-order chi connectivity index (χ0) is 97.7. The summed E-state index contributed by atoms with van der Waals surface area (Å²) in [7, 11) is 0. The maximum absolute atomic E-state index is 2.51. The van der Waals surface area contributed by atoms with Crippen molar-refractivity contribution in [3.8, 4) is 145 Å². The van der Waals surface area contributed by atoms with Crippen molar-refractivity contribution in [1.29, 1.82) is 0 Å². The number of aromatic nitrogens is 4. The Morgan fingerprint density at radius 3 is 0.946 bits per heavy atom. The zero-order valence-electron chi connectivity index (χ0n) is 81.8. The van der Waals surface area contributed by atoms with Crippen LogP contribution in [0.1, 0.15) is 25.0 Å². The lowest BCUT2D eigenvalue weighted by Gasteiger charge is -2.22. The molecule has 0 amide bonds. The topological polar surface area (TPSA) is 19.7 Å². The van der Waals surface area contributed by atoms with Crippen LogP contribution in [0.4, 0.5) is 0 Å². The molecular weight excluding hydrogens is 1800 g/mol. The minimum atomic E-state index is -0.0366. The third-order valence-corrected chi connectivity index (χ3v) is 33.5. The van der Waals surface area contributed by atoms with Gasteiger partial charge in [0.15, 0.2) is 0 Å². The number of hydrogen-bond donors (Lipinski definition) is 0. The van der Waals surface area contributed by atoms with Crippen LogP contribution in [0.2, 0.25) is 0 Å². The summed E-state index contributed by atoms with van der Waals surface area (Å²) in [5.74, 6) is 0. The van der Waals surface area contributed by atoms with Gasteiger partial charge in [0, 0.05) is 87.1 Å². The van der Waals surface area contributed by atoms with Crippen molar-refractivity contribution in [3.63, 3.8) is 0 Å². The molecule has 4 aromatic heterocycles. The molecule has 0 aliphatic heterocycles. The molecule has 0 unspecified atom stereocenters. The summed E-state index contributed by atoms with van der Waals surface area (Å²) in [4.78, 5) is 0. The number of para-hydroxylation sites is 4. The van der Waals surface area contributed by atoms with E-state index in [9.17, 15) is 0 Å². The van der Waals surface area contributed by atoms with Gasteiger partial charge in [-0.3, -0.25) is 0 Å². The van der Waals surface area contributed by atoms with Crippen LogP contribution in [-0.2, 0) is 5.41 Å². The molecule has 149 heavy (non-hydrogen) atoms. The number of benzene rings is 26. The highest BCUT2D eigenvalue weighted by atomic mass is 15.0. The Bertz CT molecular complexity index is 11100. The van der Waals surface area contributed by atoms with E-state index >= 15 is 0 Å². The Kier molecular flexibility index (Phi) is 17.8. The number of hydrogen-bond acceptors (Lipinski definition) is 0. The maximum atomic E-state index is 2.51. The second kappa shape index (κ2) is 31.9. The van der Waals surface area contributed by atoms with E-state index < -0.39 is 0 Å². The predicted octanol–water partition coefficient (Wildman–Crippen LogP) is 39.4. The highest BCUT2D eigenvalue weighted by molar-refractivity contribution is 6.26. The summed E-state index contributed by atoms with van der Waals surface area (Å²) >= 11 is 0. The lowest BCUT2D eigenvalue weighted by molar-refractivity contribution is 0.661. The van der Waals surface area contributed by atoms with E-state index in [0.717, 1.165) is 0 Å². The van der Waals surface area contributed by atoms with Crippen LogP contribution >= 0.6 is 0 Å². The molecule has 0 bridgehead atoms. The van der Waals surface area contributed by atoms with Gasteiger partial charge >= 0.3 is 0 Å². The molecule has 0 spiro atoms. The molecule has 0 saturated carbocycles. The van der Waals surface area contributed by atoms with Gasteiger partial charge in [0.2, 0.25) is 0 Å². The summed E-state index contributed by atoms with van der Waals surface area (Å²) in [6, 6.07) is 188. The number of nitrogens with zero attached hydrogens (tertiary/aromatic N) is 4. The Labute approximate surface area is 859 Å². The number of rotatable bonds is 6. The van der Waals surface area contributed by atoms with Gasteiger partial charge in [-0.2, -0.15) is 0 Å². The lowest BCUT2D eigenvalue weighted by Crippen LogP contribution is -2.15. The average Bonchev–Trinajstić information content (AvgIpc) is 1.40. The quantitative estimate of drug-likeness (QED) is 0.158. The van der Waals surface area contributed by atoms with Crippen molar-refractivity contribution in [2.45, 2.75) is 19.3 Å². The van der Waals surface area contributed by atoms with E-state index in [2.05, 4.69) is 542 Å². The fourth-order valence-corrected chi connectivity index (χ4v) is 26.9. The van der Waals surface area contributed by atoms with E-state index in [4.69, 9.17) is 0 Å². The van der Waals surface area contributed by atoms with E-state index in [-0.39, 0.29) is 5.41 Å². The first-order valence-electron chi connectivity index (χ1n) is 52.0. The first-order chi connectivity index (χ1) is 73.7. The molecule has 5 aliphatic carbocycles. The molecule has 4 nitrogen and oxygen atoms in total. The molecule has 690 valence electrons. The molecule has 0 saturated heterocycles. The first-order valence-corrected chi connectivity index (χ1v) is 52.0. The van der Waals surface area contributed by atoms with Crippen molar-refractivity contribution >= 4 is 163 Å². The fourth-order valence-electron chi connectivity index (χ4n) is 26.9. The van der Waals surface area contributed by atoms with Crippen molar-refractivity contribution in [2.24, 2.45) is 0 Å². The standard InChI is InChI=1S/2C38H23N.C37H25N.C32H19N/c1-2-13-29-24(8-1)18-21-34-31-14-3-4-17-36(31)39(38(29)34)28-12-5-11-26(22-28)27-19-20-30-32-15-6-9-25-10-7-16-33(37(25)32)35(30)23-27;1-2-10-29-25(7-1)17-22-34-31-11-3-4-14-36(31)39(38(29)34)28-19-15-24(16-20-28)27-18-21-30-32-12-5-8-26-9-6-13-33(37(26)32)35(30)23-27;1-37(2)31-16-7-5-12-24(31)29-20-30-25-13-6-8-17-33(25)38(35(30)21-32(29)37)34-19-18-27-23-11-4-3-10-22(23)26-14-9-15-28(34)36(26)27;1-2-10-23-20(7-1)15-17-28-25-11-3-4-14-30(25)33(32(23)28)22-16-18-24-26-12-5-8-21-9-6-13-27(31(21)26)29(24)19-22/h2*1-23H;3-21H,1-2H3;1-19H. The van der Waals surface area contributed by atoms with Crippen LogP contribution in [0.25, 0.3) is 308 Å². The first kappa shape index (κ1) is 83.2. The number of fused-ring (bicyclic) bond motifs is 33. The Balaban J connectivity index is 0.0000000880. The fraction of sp³-hybridized carbons (Fsp3) is 0.0207. The molecule has 0 atom stereocenters. The van der Waals surface area contributed by atoms with Gasteiger partial charge < -0.3 is 18.3 Å². The smallest absolute Gasteiger partial charge is 0.0619 e. The van der Waals surface area contributed by atoms with Gasteiger partial charge in [0.05, 0.1) is 49.8 Å². The molecular formula is C145H90N4. The van der Waals surface area contributed by atoms with Crippen LogP contribution in [0, 0.1) is 0 Å². The highest BCUT2D eigenvalue weighted by Gasteiger charge is 2.38. The summed E-state index contributed by atoms with van der Waals surface area (Å²) in [5.41, 5.74) is 46.8. The van der Waals surface area contributed by atoms with Crippen LogP contribution in [0.15, 0.2) is 510 Å². The van der Waals surface area contributed by atoms with Gasteiger partial charge in [0.25, 0.3) is 0 Å². The Morgan fingerprint density at radius 2 is 0.456 bits per heavy atom. The third-order valence-electron chi connectivity index (χ3n) is 33.5. The molecule has 4 heterocycles. The van der Waals surface area contributed by atoms with Crippen molar-refractivity contribution in [3.05, 3.63) is 521 Å². The minimum absolute atomic E-state index is 0.0366. The van der Waals surface area contributed by atoms with Gasteiger partial charge in [-0.05, 0) is 278 Å². The van der Waals surface area contributed by atoms with Crippen molar-refractivity contribution < 1.29 is 0 Å². The molecule has 5 aliphatic rings. The van der Waals surface area contributed by atoms with Crippen LogP contribution < -0.4 is 0 Å². The second-order valence-corrected chi connectivity index (χ2v) is 41.4. The highest BCUT2D eigenvalue weighted by Crippen LogP contribution is 2.57. The molecule has 26 aromatic carbocycles. The molecule has 30 aromatic rings. The second-order valence-electron chi connectivity index (χ2n) is 41.4. The normalized spacial score (nSPS) is 12.7. The van der Waals surface area contributed by atoms with Crippen LogP contribution in [0.3, 0.4) is 0 Å². The van der Waals surface area contributed by atoms with Gasteiger partial charge in [-0.25, -0.2) is 0 Å². The molecule has 0 fully saturated rings. The average molecular weight is 1890 g/mol. The summed E-state index contributed by atoms with van der Waals surface area (Å²) in [6.07, 6.45) is 0. The Morgan fingerprint density at radius 1 is 0.141 bits per heavy atom. The van der Waals surface area contributed by atoms with Crippen LogP contribution in [-0.4, -0.2) is 18.3 Å². The minimum Gasteiger partial charge on any atom is -0.309 e. The maximum Gasteiger partial charge on any atom is 0.0619 e. The van der Waals surface area contributed by atoms with Gasteiger partial charge in [-0.1, -0.05) is 432 Å². The third kappa shape index (κ3) is 12.1. The Hall–Kier alpha value is -19.3. The molecule has 0 radical (unpaired) electrons. The monoisotopic (exact) mass is 1890 g/mol.